The quantitative estimate of drug-likeness (QED) is 0.171. The summed E-state index contributed by atoms with van der Waals surface area (Å²) in [6.07, 6.45) is 22.8. The van der Waals surface area contributed by atoms with E-state index < -0.39 is 11.4 Å². The van der Waals surface area contributed by atoms with Crippen LogP contribution in [0, 0.1) is 11.7 Å². The summed E-state index contributed by atoms with van der Waals surface area (Å²) in [7, 11) is 0. The number of pyridine rings is 1. The average molecular weight is 663 g/mol. The number of fused-ring (bicyclic) bond motifs is 1. The van der Waals surface area contributed by atoms with Crippen molar-refractivity contribution in [2.24, 2.45) is 5.92 Å². The SMILES string of the molecule is O=C(Nc1ccc(-c2cnc3ccc(-c4cnn(C(c5ccccc5)(c5ccccc5)C5C=CC=CC5)c4)cn23)cc1F)NC1CCCCC1. The molecule has 2 aliphatic carbocycles. The molecule has 2 aliphatic rings. The van der Waals surface area contributed by atoms with Gasteiger partial charge in [-0.3, -0.25) is 9.08 Å². The first-order valence-electron chi connectivity index (χ1n) is 17.4. The monoisotopic (exact) mass is 662 g/mol. The zero-order chi connectivity index (χ0) is 33.9. The molecule has 3 aromatic heterocycles. The predicted molar refractivity (Wildman–Crippen MR) is 196 cm³/mol. The molecular formula is C42H39FN6O. The molecule has 3 aromatic carbocycles. The van der Waals surface area contributed by atoms with Crippen molar-refractivity contribution in [3.05, 3.63) is 157 Å². The van der Waals surface area contributed by atoms with Gasteiger partial charge in [-0.05, 0) is 54.7 Å². The van der Waals surface area contributed by atoms with Gasteiger partial charge in [-0.25, -0.2) is 14.2 Å². The third-order valence-corrected chi connectivity index (χ3v) is 10.2. The molecule has 0 bridgehead atoms. The van der Waals surface area contributed by atoms with Crippen LogP contribution in [0.1, 0.15) is 49.7 Å². The van der Waals surface area contributed by atoms with Crippen LogP contribution in [0.25, 0.3) is 28.0 Å². The number of amides is 2. The van der Waals surface area contributed by atoms with E-state index in [9.17, 15) is 4.79 Å². The van der Waals surface area contributed by atoms with Gasteiger partial charge in [-0.2, -0.15) is 5.10 Å². The van der Waals surface area contributed by atoms with Crippen LogP contribution in [-0.4, -0.2) is 31.2 Å². The number of halogens is 1. The van der Waals surface area contributed by atoms with Crippen LogP contribution < -0.4 is 10.6 Å². The Hall–Kier alpha value is -5.76. The molecule has 50 heavy (non-hydrogen) atoms. The Morgan fingerprint density at radius 3 is 2.24 bits per heavy atom. The zero-order valence-electron chi connectivity index (χ0n) is 27.8. The molecule has 8 rings (SSSR count). The molecule has 1 unspecified atom stereocenters. The molecule has 250 valence electrons. The van der Waals surface area contributed by atoms with Crippen molar-refractivity contribution in [1.82, 2.24) is 24.5 Å². The molecule has 2 amide bonds. The third kappa shape index (κ3) is 5.91. The van der Waals surface area contributed by atoms with E-state index in [1.54, 1.807) is 12.3 Å². The molecule has 0 saturated heterocycles. The van der Waals surface area contributed by atoms with Crippen molar-refractivity contribution in [2.45, 2.75) is 50.1 Å². The van der Waals surface area contributed by atoms with Crippen LogP contribution in [-0.2, 0) is 5.54 Å². The van der Waals surface area contributed by atoms with Gasteiger partial charge in [0.05, 0.1) is 23.8 Å². The lowest BCUT2D eigenvalue weighted by atomic mass is 9.70. The third-order valence-electron chi connectivity index (χ3n) is 10.2. The van der Waals surface area contributed by atoms with Crippen molar-refractivity contribution in [3.8, 4) is 22.4 Å². The molecule has 0 aliphatic heterocycles. The Bertz CT molecular complexity index is 2140. The number of hydrogen-bond donors (Lipinski definition) is 2. The summed E-state index contributed by atoms with van der Waals surface area (Å²) in [6, 6.07) is 29.9. The summed E-state index contributed by atoms with van der Waals surface area (Å²) in [4.78, 5) is 17.2. The minimum absolute atomic E-state index is 0.124. The number of allylic oxidation sites excluding steroid dienone is 4. The first kappa shape index (κ1) is 31.5. The highest BCUT2D eigenvalue weighted by atomic mass is 19.1. The van der Waals surface area contributed by atoms with Gasteiger partial charge in [0.15, 0.2) is 0 Å². The number of rotatable bonds is 8. The van der Waals surface area contributed by atoms with Gasteiger partial charge in [-0.1, -0.05) is 110 Å². The Balaban J connectivity index is 1.13. The topological polar surface area (TPSA) is 76.2 Å². The Labute approximate surface area is 291 Å². The Morgan fingerprint density at radius 1 is 0.800 bits per heavy atom. The highest BCUT2D eigenvalue weighted by Gasteiger charge is 2.43. The van der Waals surface area contributed by atoms with E-state index in [2.05, 4.69) is 99.3 Å². The van der Waals surface area contributed by atoms with E-state index in [-0.39, 0.29) is 23.7 Å². The molecule has 8 heteroatoms. The average Bonchev–Trinajstić information content (AvgIpc) is 3.83. The minimum atomic E-state index is -0.590. The highest BCUT2D eigenvalue weighted by Crippen LogP contribution is 2.44. The number of anilines is 1. The van der Waals surface area contributed by atoms with Crippen LogP contribution >= 0.6 is 0 Å². The molecule has 1 fully saturated rings. The molecule has 1 saturated carbocycles. The minimum Gasteiger partial charge on any atom is -0.335 e. The van der Waals surface area contributed by atoms with Gasteiger partial charge in [0.1, 0.15) is 17.0 Å². The fourth-order valence-electron chi connectivity index (χ4n) is 7.70. The van der Waals surface area contributed by atoms with Crippen molar-refractivity contribution in [2.75, 3.05) is 5.32 Å². The maximum Gasteiger partial charge on any atom is 0.319 e. The van der Waals surface area contributed by atoms with Crippen LogP contribution in [0.15, 0.2) is 140 Å². The first-order valence-corrected chi connectivity index (χ1v) is 17.4. The fourth-order valence-corrected chi connectivity index (χ4v) is 7.70. The van der Waals surface area contributed by atoms with Gasteiger partial charge < -0.3 is 10.6 Å². The second-order valence-electron chi connectivity index (χ2n) is 13.2. The van der Waals surface area contributed by atoms with Crippen LogP contribution in [0.2, 0.25) is 0 Å². The molecule has 6 aromatic rings. The summed E-state index contributed by atoms with van der Waals surface area (Å²) in [5.41, 5.74) is 5.92. The van der Waals surface area contributed by atoms with E-state index >= 15 is 4.39 Å². The van der Waals surface area contributed by atoms with Gasteiger partial charge in [0.2, 0.25) is 0 Å². The molecule has 0 radical (unpaired) electrons. The molecular weight excluding hydrogens is 624 g/mol. The summed E-state index contributed by atoms with van der Waals surface area (Å²) in [5, 5.41) is 10.7. The van der Waals surface area contributed by atoms with Gasteiger partial charge in [-0.15, -0.1) is 0 Å². The molecule has 3 heterocycles. The second kappa shape index (κ2) is 13.6. The maximum absolute atomic E-state index is 15.4. The number of nitrogens with one attached hydrogen (secondary N) is 2. The normalized spacial score (nSPS) is 16.5. The van der Waals surface area contributed by atoms with Gasteiger partial charge in [0.25, 0.3) is 0 Å². The lowest BCUT2D eigenvalue weighted by molar-refractivity contribution is 0.244. The summed E-state index contributed by atoms with van der Waals surface area (Å²) >= 11 is 0. The smallest absolute Gasteiger partial charge is 0.319 e. The summed E-state index contributed by atoms with van der Waals surface area (Å²) < 4.78 is 19.5. The number of carbonyl (C=O) groups excluding carboxylic acids is 1. The zero-order valence-corrected chi connectivity index (χ0v) is 27.8. The molecule has 7 nitrogen and oxygen atoms in total. The van der Waals surface area contributed by atoms with Crippen molar-refractivity contribution in [3.63, 3.8) is 0 Å². The van der Waals surface area contributed by atoms with E-state index in [4.69, 9.17) is 5.10 Å². The molecule has 0 spiro atoms. The number of aromatic nitrogens is 4. The van der Waals surface area contributed by atoms with E-state index in [1.165, 1.54) is 12.5 Å². The van der Waals surface area contributed by atoms with Crippen LogP contribution in [0.4, 0.5) is 14.9 Å². The fraction of sp³-hybridized carbons (Fsp3) is 0.214. The number of urea groups is 1. The number of nitrogens with zero attached hydrogens (tertiary/aromatic N) is 4. The second-order valence-corrected chi connectivity index (χ2v) is 13.2. The Morgan fingerprint density at radius 2 is 1.54 bits per heavy atom. The predicted octanol–water partition coefficient (Wildman–Crippen LogP) is 9.38. The van der Waals surface area contributed by atoms with E-state index in [0.29, 0.717) is 5.56 Å². The number of hydrogen-bond acceptors (Lipinski definition) is 3. The van der Waals surface area contributed by atoms with Crippen molar-refractivity contribution < 1.29 is 9.18 Å². The van der Waals surface area contributed by atoms with Crippen LogP contribution in [0.3, 0.4) is 0 Å². The number of benzene rings is 3. The van der Waals surface area contributed by atoms with Crippen molar-refractivity contribution >= 4 is 17.4 Å². The lowest BCUT2D eigenvalue weighted by Crippen LogP contribution is -2.43. The van der Waals surface area contributed by atoms with Crippen molar-refractivity contribution in [1.29, 1.82) is 0 Å². The first-order chi connectivity index (χ1) is 24.6. The van der Waals surface area contributed by atoms with Crippen LogP contribution in [0.5, 0.6) is 0 Å². The lowest BCUT2D eigenvalue weighted by Gasteiger charge is -2.41. The van der Waals surface area contributed by atoms with Gasteiger partial charge >= 0.3 is 6.03 Å². The standard InChI is InChI=1S/C42H39FN6O/c43-37-25-30(21-23-38(37)47-41(50)46-36-19-11-4-12-20-36)39-27-44-40-24-22-31(28-48(39)40)32-26-45-49(29-32)42(33-13-5-1-6-14-33,34-15-7-2-8-16-34)35-17-9-3-10-18-35/h1-3,5-10,13-17,21-29,35-36H,4,11-12,18-20H2,(H2,46,47,50). The molecule has 1 atom stereocenters. The highest BCUT2D eigenvalue weighted by molar-refractivity contribution is 5.90. The largest absolute Gasteiger partial charge is 0.335 e. The summed E-state index contributed by atoms with van der Waals surface area (Å²) in [6.45, 7) is 0. The maximum atomic E-state index is 15.4. The summed E-state index contributed by atoms with van der Waals surface area (Å²) in [5.74, 6) is -0.378. The Kier molecular flexibility index (Phi) is 8.59. The van der Waals surface area contributed by atoms with Gasteiger partial charge in [0, 0.05) is 41.0 Å². The molecule has 2 N–H and O–H groups in total. The number of carbonyl (C=O) groups is 1. The van der Waals surface area contributed by atoms with E-state index in [1.807, 2.05) is 47.1 Å². The number of imidazole rings is 1. The van der Waals surface area contributed by atoms with E-state index in [0.717, 1.165) is 65.7 Å².